The van der Waals surface area contributed by atoms with Gasteiger partial charge in [-0.1, -0.05) is 68.0 Å². The van der Waals surface area contributed by atoms with Gasteiger partial charge in [-0.15, -0.1) is 0 Å². The second kappa shape index (κ2) is 10.9. The van der Waals surface area contributed by atoms with Gasteiger partial charge in [-0.25, -0.2) is 13.2 Å². The number of ether oxygens (including phenoxy) is 1. The Kier molecular flexibility index (Phi) is 7.77. The van der Waals surface area contributed by atoms with E-state index >= 15 is 0 Å². The molecule has 0 N–H and O–H groups in total. The van der Waals surface area contributed by atoms with Gasteiger partial charge in [0.05, 0.1) is 6.61 Å². The quantitative estimate of drug-likeness (QED) is 0.317. The largest absolute Gasteiger partial charge is 0.491 e. The zero-order valence-electron chi connectivity index (χ0n) is 19.8. The average Bonchev–Trinajstić information content (AvgIpc) is 2.87. The lowest BCUT2D eigenvalue weighted by atomic mass is 9.77. The van der Waals surface area contributed by atoms with Crippen molar-refractivity contribution in [2.45, 2.75) is 51.9 Å². The van der Waals surface area contributed by atoms with Crippen LogP contribution >= 0.6 is 0 Å². The van der Waals surface area contributed by atoms with E-state index in [4.69, 9.17) is 4.74 Å². The Labute approximate surface area is 200 Å². The van der Waals surface area contributed by atoms with Crippen molar-refractivity contribution in [3.63, 3.8) is 0 Å². The highest BCUT2D eigenvalue weighted by molar-refractivity contribution is 5.72. The minimum Gasteiger partial charge on any atom is -0.491 e. The van der Waals surface area contributed by atoms with E-state index in [1.807, 2.05) is 37.3 Å². The van der Waals surface area contributed by atoms with Gasteiger partial charge in [-0.2, -0.15) is 0 Å². The van der Waals surface area contributed by atoms with E-state index < -0.39 is 17.5 Å². The summed E-state index contributed by atoms with van der Waals surface area (Å²) in [7, 11) is 0. The molecule has 3 aromatic rings. The standard InChI is InChI=1S/C30H31F3O/c1-3-20-5-12-23(13-6-20)26-17-15-24(29(32)30(26)33)14-9-21-7-10-22(11-8-21)25-16-18-28(34-4-2)27(31)19-25/h7-11,14-20,23H,3-6,12-13H2,1-2H3. The van der Waals surface area contributed by atoms with Gasteiger partial charge < -0.3 is 4.74 Å². The van der Waals surface area contributed by atoms with E-state index in [1.54, 1.807) is 30.4 Å². The molecule has 0 atom stereocenters. The summed E-state index contributed by atoms with van der Waals surface area (Å²) in [5, 5.41) is 0. The van der Waals surface area contributed by atoms with Crippen LogP contribution in [0.25, 0.3) is 23.3 Å². The number of rotatable bonds is 7. The third kappa shape index (κ3) is 5.38. The summed E-state index contributed by atoms with van der Waals surface area (Å²) in [5.41, 5.74) is 3.20. The van der Waals surface area contributed by atoms with Gasteiger partial charge >= 0.3 is 0 Å². The molecule has 0 amide bonds. The predicted molar refractivity (Wildman–Crippen MR) is 133 cm³/mol. The first-order chi connectivity index (χ1) is 16.5. The second-order valence-corrected chi connectivity index (χ2v) is 9.03. The lowest BCUT2D eigenvalue weighted by molar-refractivity contribution is 0.312. The van der Waals surface area contributed by atoms with Crippen molar-refractivity contribution in [3.05, 3.63) is 88.7 Å². The summed E-state index contributed by atoms with van der Waals surface area (Å²) >= 11 is 0. The first kappa shape index (κ1) is 24.1. The molecule has 0 aromatic heterocycles. The summed E-state index contributed by atoms with van der Waals surface area (Å²) in [4.78, 5) is 0. The molecule has 4 heteroatoms. The van der Waals surface area contributed by atoms with Crippen LogP contribution in [0.5, 0.6) is 5.75 Å². The van der Waals surface area contributed by atoms with E-state index in [0.717, 1.165) is 48.8 Å². The minimum absolute atomic E-state index is 0.107. The number of hydrogen-bond acceptors (Lipinski definition) is 1. The zero-order chi connectivity index (χ0) is 24.1. The molecule has 0 heterocycles. The van der Waals surface area contributed by atoms with Crippen molar-refractivity contribution in [2.24, 2.45) is 5.92 Å². The number of benzene rings is 3. The lowest BCUT2D eigenvalue weighted by Gasteiger charge is -2.28. The Morgan fingerprint density at radius 3 is 2.15 bits per heavy atom. The van der Waals surface area contributed by atoms with Gasteiger partial charge in [0.15, 0.2) is 23.2 Å². The molecule has 1 fully saturated rings. The van der Waals surface area contributed by atoms with Crippen LogP contribution in [-0.2, 0) is 0 Å². The Morgan fingerprint density at radius 2 is 1.50 bits per heavy atom. The Bertz CT molecular complexity index is 1140. The van der Waals surface area contributed by atoms with Crippen LogP contribution in [0.4, 0.5) is 13.2 Å². The average molecular weight is 465 g/mol. The Balaban J connectivity index is 1.46. The third-order valence-electron chi connectivity index (χ3n) is 6.94. The topological polar surface area (TPSA) is 9.23 Å². The van der Waals surface area contributed by atoms with Crippen molar-refractivity contribution in [3.8, 4) is 16.9 Å². The molecule has 0 unspecified atom stereocenters. The predicted octanol–water partition coefficient (Wildman–Crippen LogP) is 9.02. The van der Waals surface area contributed by atoms with Gasteiger partial charge in [0.25, 0.3) is 0 Å². The molecule has 34 heavy (non-hydrogen) atoms. The van der Waals surface area contributed by atoms with Gasteiger partial charge in [-0.3, -0.25) is 0 Å². The van der Waals surface area contributed by atoms with Crippen molar-refractivity contribution >= 4 is 12.2 Å². The monoisotopic (exact) mass is 464 g/mol. The SMILES string of the molecule is CCOc1ccc(-c2ccc(C=Cc3ccc(C4CCC(CC)CC4)c(F)c3F)cc2)cc1F. The molecule has 1 nitrogen and oxygen atoms in total. The van der Waals surface area contributed by atoms with Gasteiger partial charge in [0.2, 0.25) is 0 Å². The third-order valence-corrected chi connectivity index (χ3v) is 6.94. The molecule has 178 valence electrons. The summed E-state index contributed by atoms with van der Waals surface area (Å²) < 4.78 is 49.1. The zero-order valence-corrected chi connectivity index (χ0v) is 19.8. The van der Waals surface area contributed by atoms with Gasteiger partial charge in [-0.05, 0) is 78.8 Å². The molecule has 1 aliphatic carbocycles. The molecule has 1 aliphatic rings. The molecular weight excluding hydrogens is 433 g/mol. The Hall–Kier alpha value is -3.01. The molecule has 1 saturated carbocycles. The molecule has 0 radical (unpaired) electrons. The normalized spacial score (nSPS) is 18.4. The van der Waals surface area contributed by atoms with E-state index in [1.165, 1.54) is 6.07 Å². The molecule has 4 rings (SSSR count). The summed E-state index contributed by atoms with van der Waals surface area (Å²) in [6, 6.07) is 15.8. The summed E-state index contributed by atoms with van der Waals surface area (Å²) in [6.45, 7) is 4.41. The van der Waals surface area contributed by atoms with Gasteiger partial charge in [0.1, 0.15) is 0 Å². The number of halogens is 3. The van der Waals surface area contributed by atoms with Crippen LogP contribution in [0.1, 0.15) is 68.6 Å². The van der Waals surface area contributed by atoms with E-state index in [-0.39, 0.29) is 17.2 Å². The van der Waals surface area contributed by atoms with Crippen molar-refractivity contribution in [1.82, 2.24) is 0 Å². The van der Waals surface area contributed by atoms with Gasteiger partial charge in [0, 0.05) is 5.56 Å². The number of hydrogen-bond donors (Lipinski definition) is 0. The molecule has 0 bridgehead atoms. The van der Waals surface area contributed by atoms with Crippen molar-refractivity contribution < 1.29 is 17.9 Å². The first-order valence-electron chi connectivity index (χ1n) is 12.2. The minimum atomic E-state index is -0.784. The molecular formula is C30H31F3O. The second-order valence-electron chi connectivity index (χ2n) is 9.03. The maximum Gasteiger partial charge on any atom is 0.166 e. The van der Waals surface area contributed by atoms with Crippen LogP contribution < -0.4 is 4.74 Å². The van der Waals surface area contributed by atoms with Crippen LogP contribution in [-0.4, -0.2) is 6.61 Å². The fraction of sp³-hybridized carbons (Fsp3) is 0.333. The molecule has 0 spiro atoms. The molecule has 3 aromatic carbocycles. The fourth-order valence-electron chi connectivity index (χ4n) is 4.83. The van der Waals surface area contributed by atoms with Crippen LogP contribution in [0.2, 0.25) is 0 Å². The first-order valence-corrected chi connectivity index (χ1v) is 12.2. The molecule has 0 aliphatic heterocycles. The molecule has 0 saturated heterocycles. The van der Waals surface area contributed by atoms with E-state index in [2.05, 4.69) is 6.92 Å². The lowest BCUT2D eigenvalue weighted by Crippen LogP contribution is -2.14. The maximum absolute atomic E-state index is 14.9. The van der Waals surface area contributed by atoms with E-state index in [9.17, 15) is 13.2 Å². The smallest absolute Gasteiger partial charge is 0.166 e. The highest BCUT2D eigenvalue weighted by atomic mass is 19.2. The highest BCUT2D eigenvalue weighted by Crippen LogP contribution is 2.38. The maximum atomic E-state index is 14.9. The summed E-state index contributed by atoms with van der Waals surface area (Å²) in [5.74, 6) is -0.841. The highest BCUT2D eigenvalue weighted by Gasteiger charge is 2.25. The van der Waals surface area contributed by atoms with Crippen molar-refractivity contribution in [2.75, 3.05) is 6.61 Å². The Morgan fingerprint density at radius 1 is 0.794 bits per heavy atom. The van der Waals surface area contributed by atoms with E-state index in [0.29, 0.717) is 18.1 Å². The van der Waals surface area contributed by atoms with Crippen LogP contribution in [0.3, 0.4) is 0 Å². The van der Waals surface area contributed by atoms with Crippen LogP contribution in [0, 0.1) is 23.4 Å². The fourth-order valence-corrected chi connectivity index (χ4v) is 4.83. The summed E-state index contributed by atoms with van der Waals surface area (Å²) in [6.07, 6.45) is 8.54. The van der Waals surface area contributed by atoms with Crippen molar-refractivity contribution in [1.29, 1.82) is 0 Å². The van der Waals surface area contributed by atoms with Crippen LogP contribution in [0.15, 0.2) is 54.6 Å².